The Morgan fingerprint density at radius 3 is 2.94 bits per heavy atom. The number of hydrogen-bond acceptors (Lipinski definition) is 3. The maximum atomic E-state index is 5.66. The number of imidazole rings is 1. The molecule has 0 aliphatic rings. The minimum atomic E-state index is 0.205. The van der Waals surface area contributed by atoms with Gasteiger partial charge in [-0.05, 0) is 31.5 Å². The highest BCUT2D eigenvalue weighted by atomic mass is 16.5. The molecular formula is C14H19N3O. The van der Waals surface area contributed by atoms with Crippen LogP contribution in [0.5, 0.6) is 5.75 Å². The Kier molecular flexibility index (Phi) is 4.36. The van der Waals surface area contributed by atoms with Gasteiger partial charge < -0.3 is 15.0 Å². The van der Waals surface area contributed by atoms with Crippen molar-refractivity contribution < 1.29 is 4.74 Å². The lowest BCUT2D eigenvalue weighted by atomic mass is 10.2. The number of benzene rings is 1. The molecule has 2 aromatic rings. The van der Waals surface area contributed by atoms with Gasteiger partial charge in [0.2, 0.25) is 0 Å². The lowest BCUT2D eigenvalue weighted by molar-refractivity contribution is 0.242. The minimum Gasteiger partial charge on any atom is -0.491 e. The van der Waals surface area contributed by atoms with Crippen LogP contribution in [0.3, 0.4) is 0 Å². The number of ether oxygens (including phenoxy) is 1. The van der Waals surface area contributed by atoms with Crippen LogP contribution in [0.1, 0.15) is 25.2 Å². The van der Waals surface area contributed by atoms with Gasteiger partial charge in [0.15, 0.2) is 0 Å². The summed E-state index contributed by atoms with van der Waals surface area (Å²) in [4.78, 5) is 7.22. The molecule has 0 unspecified atom stereocenters. The summed E-state index contributed by atoms with van der Waals surface area (Å²) in [6, 6.07) is 8.15. The molecule has 1 aromatic carbocycles. The lowest BCUT2D eigenvalue weighted by Gasteiger charge is -2.11. The summed E-state index contributed by atoms with van der Waals surface area (Å²) in [6.45, 7) is 5.60. The molecule has 0 aliphatic heterocycles. The number of aromatic amines is 1. The van der Waals surface area contributed by atoms with Crippen LogP contribution >= 0.6 is 0 Å². The van der Waals surface area contributed by atoms with Crippen LogP contribution in [0.4, 0.5) is 0 Å². The fraction of sp³-hybridized carbons (Fsp3) is 0.357. The summed E-state index contributed by atoms with van der Waals surface area (Å²) in [7, 11) is 0. The SMILES string of the molecule is CC(C)Oc1cccc(CNCc2ncc[nH]2)c1. The van der Waals surface area contributed by atoms with Gasteiger partial charge in [-0.2, -0.15) is 0 Å². The van der Waals surface area contributed by atoms with Crippen LogP contribution in [0, 0.1) is 0 Å². The number of hydrogen-bond donors (Lipinski definition) is 2. The van der Waals surface area contributed by atoms with Crippen molar-refractivity contribution in [1.29, 1.82) is 0 Å². The molecule has 18 heavy (non-hydrogen) atoms. The highest BCUT2D eigenvalue weighted by molar-refractivity contribution is 5.28. The molecule has 0 aliphatic carbocycles. The fourth-order valence-corrected chi connectivity index (χ4v) is 1.72. The van der Waals surface area contributed by atoms with E-state index < -0.39 is 0 Å². The molecule has 0 saturated carbocycles. The fourth-order valence-electron chi connectivity index (χ4n) is 1.72. The van der Waals surface area contributed by atoms with Crippen LogP contribution in [-0.4, -0.2) is 16.1 Å². The highest BCUT2D eigenvalue weighted by Gasteiger charge is 2.00. The summed E-state index contributed by atoms with van der Waals surface area (Å²) in [5.74, 6) is 1.87. The van der Waals surface area contributed by atoms with Gasteiger partial charge in [-0.3, -0.25) is 0 Å². The predicted octanol–water partition coefficient (Wildman–Crippen LogP) is 2.49. The first-order valence-electron chi connectivity index (χ1n) is 6.18. The molecule has 0 spiro atoms. The smallest absolute Gasteiger partial charge is 0.120 e. The summed E-state index contributed by atoms with van der Waals surface area (Å²) in [6.07, 6.45) is 3.79. The molecule has 96 valence electrons. The van der Waals surface area contributed by atoms with Gasteiger partial charge >= 0.3 is 0 Å². The van der Waals surface area contributed by atoms with E-state index in [4.69, 9.17) is 4.74 Å². The topological polar surface area (TPSA) is 49.9 Å². The first-order chi connectivity index (χ1) is 8.74. The van der Waals surface area contributed by atoms with Crippen molar-refractivity contribution in [2.24, 2.45) is 0 Å². The van der Waals surface area contributed by atoms with E-state index in [9.17, 15) is 0 Å². The molecule has 1 aromatic heterocycles. The van der Waals surface area contributed by atoms with Crippen molar-refractivity contribution in [3.8, 4) is 5.75 Å². The van der Waals surface area contributed by atoms with Crippen molar-refractivity contribution >= 4 is 0 Å². The normalized spacial score (nSPS) is 10.8. The molecular weight excluding hydrogens is 226 g/mol. The Balaban J connectivity index is 1.85. The van der Waals surface area contributed by atoms with E-state index >= 15 is 0 Å². The molecule has 2 rings (SSSR count). The number of rotatable bonds is 6. The van der Waals surface area contributed by atoms with Crippen molar-refractivity contribution in [2.45, 2.75) is 33.0 Å². The molecule has 4 nitrogen and oxygen atoms in total. The van der Waals surface area contributed by atoms with Gasteiger partial charge in [-0.25, -0.2) is 4.98 Å². The summed E-state index contributed by atoms with van der Waals surface area (Å²) in [5, 5.41) is 3.34. The molecule has 0 amide bonds. The molecule has 0 atom stereocenters. The molecule has 0 saturated heterocycles. The standard InChI is InChI=1S/C14H19N3O/c1-11(2)18-13-5-3-4-12(8-13)9-15-10-14-16-6-7-17-14/h3-8,11,15H,9-10H2,1-2H3,(H,16,17). The Morgan fingerprint density at radius 1 is 1.33 bits per heavy atom. The molecule has 2 N–H and O–H groups in total. The van der Waals surface area contributed by atoms with Gasteiger partial charge in [0.1, 0.15) is 11.6 Å². The monoisotopic (exact) mass is 245 g/mol. The van der Waals surface area contributed by atoms with Gasteiger partial charge in [-0.15, -0.1) is 0 Å². The van der Waals surface area contributed by atoms with Crippen LogP contribution < -0.4 is 10.1 Å². The average Bonchev–Trinajstić information content (AvgIpc) is 2.82. The van der Waals surface area contributed by atoms with Gasteiger partial charge in [0, 0.05) is 18.9 Å². The average molecular weight is 245 g/mol. The third-order valence-electron chi connectivity index (χ3n) is 2.45. The Hall–Kier alpha value is -1.81. The maximum absolute atomic E-state index is 5.66. The third kappa shape index (κ3) is 3.89. The number of nitrogens with one attached hydrogen (secondary N) is 2. The van der Waals surface area contributed by atoms with E-state index in [-0.39, 0.29) is 6.10 Å². The molecule has 4 heteroatoms. The van der Waals surface area contributed by atoms with E-state index in [0.29, 0.717) is 0 Å². The first kappa shape index (κ1) is 12.6. The second-order valence-corrected chi connectivity index (χ2v) is 4.45. The van der Waals surface area contributed by atoms with E-state index in [1.54, 1.807) is 6.20 Å². The first-order valence-corrected chi connectivity index (χ1v) is 6.18. The minimum absolute atomic E-state index is 0.205. The van der Waals surface area contributed by atoms with Crippen molar-refractivity contribution in [3.05, 3.63) is 48.0 Å². The van der Waals surface area contributed by atoms with E-state index in [1.165, 1.54) is 5.56 Å². The Morgan fingerprint density at radius 2 is 2.22 bits per heavy atom. The maximum Gasteiger partial charge on any atom is 0.120 e. The quantitative estimate of drug-likeness (QED) is 0.822. The Bertz CT molecular complexity index is 466. The van der Waals surface area contributed by atoms with Gasteiger partial charge in [0.25, 0.3) is 0 Å². The summed E-state index contributed by atoms with van der Waals surface area (Å²) in [5.41, 5.74) is 1.21. The van der Waals surface area contributed by atoms with Crippen LogP contribution in [0.25, 0.3) is 0 Å². The zero-order valence-electron chi connectivity index (χ0n) is 10.8. The largest absolute Gasteiger partial charge is 0.491 e. The molecule has 1 heterocycles. The third-order valence-corrected chi connectivity index (χ3v) is 2.45. The molecule has 0 radical (unpaired) electrons. The number of nitrogens with zero attached hydrogens (tertiary/aromatic N) is 1. The predicted molar refractivity (Wildman–Crippen MR) is 71.3 cm³/mol. The van der Waals surface area contributed by atoms with Crippen LogP contribution in [-0.2, 0) is 13.1 Å². The summed E-state index contributed by atoms with van der Waals surface area (Å²) >= 11 is 0. The van der Waals surface area contributed by atoms with Crippen molar-refractivity contribution in [3.63, 3.8) is 0 Å². The number of aromatic nitrogens is 2. The number of H-pyrrole nitrogens is 1. The molecule has 0 bridgehead atoms. The summed E-state index contributed by atoms with van der Waals surface area (Å²) < 4.78 is 5.66. The van der Waals surface area contributed by atoms with E-state index in [0.717, 1.165) is 24.7 Å². The molecule has 0 fully saturated rings. The van der Waals surface area contributed by atoms with Gasteiger partial charge in [0.05, 0.1) is 12.6 Å². The van der Waals surface area contributed by atoms with E-state index in [2.05, 4.69) is 27.4 Å². The van der Waals surface area contributed by atoms with Crippen LogP contribution in [0.15, 0.2) is 36.7 Å². The van der Waals surface area contributed by atoms with Crippen molar-refractivity contribution in [2.75, 3.05) is 0 Å². The zero-order chi connectivity index (χ0) is 12.8. The highest BCUT2D eigenvalue weighted by Crippen LogP contribution is 2.14. The second kappa shape index (κ2) is 6.21. The van der Waals surface area contributed by atoms with Crippen LogP contribution in [0.2, 0.25) is 0 Å². The zero-order valence-corrected chi connectivity index (χ0v) is 10.8. The Labute approximate surface area is 107 Å². The lowest BCUT2D eigenvalue weighted by Crippen LogP contribution is -2.14. The van der Waals surface area contributed by atoms with Gasteiger partial charge in [-0.1, -0.05) is 12.1 Å². The van der Waals surface area contributed by atoms with E-state index in [1.807, 2.05) is 32.2 Å². The second-order valence-electron chi connectivity index (χ2n) is 4.45. The van der Waals surface area contributed by atoms with Crippen molar-refractivity contribution in [1.82, 2.24) is 15.3 Å².